The van der Waals surface area contributed by atoms with Crippen LogP contribution in [0.3, 0.4) is 0 Å². The summed E-state index contributed by atoms with van der Waals surface area (Å²) in [5.41, 5.74) is 0. The Hall–Kier alpha value is -1.09. The van der Waals surface area contributed by atoms with E-state index in [0.29, 0.717) is 12.8 Å². The van der Waals surface area contributed by atoms with Gasteiger partial charge in [0.25, 0.3) is 0 Å². The highest BCUT2D eigenvalue weighted by molar-refractivity contribution is 5.80. The van der Waals surface area contributed by atoms with Crippen molar-refractivity contribution < 1.29 is 74.8 Å². The number of rotatable bonds is 49. The van der Waals surface area contributed by atoms with E-state index in [1.54, 1.807) is 0 Å². The van der Waals surface area contributed by atoms with Crippen molar-refractivity contribution >= 4 is 5.91 Å². The van der Waals surface area contributed by atoms with Gasteiger partial charge >= 0.3 is 0 Å². The van der Waals surface area contributed by atoms with Crippen molar-refractivity contribution in [2.24, 2.45) is 0 Å². The molecule has 0 spiro atoms. The van der Waals surface area contributed by atoms with Gasteiger partial charge in [-0.1, -0.05) is 245 Å². The Labute approximate surface area is 448 Å². The van der Waals surface area contributed by atoms with Crippen molar-refractivity contribution in [1.82, 2.24) is 5.32 Å². The highest BCUT2D eigenvalue weighted by Gasteiger charge is 2.51. The number of carbonyl (C=O) groups excluding carboxylic acids is 1. The molecule has 0 aliphatic carbocycles. The van der Waals surface area contributed by atoms with E-state index in [9.17, 15) is 55.9 Å². The number of aliphatic hydroxyl groups is 10. The van der Waals surface area contributed by atoms with Crippen LogP contribution < -0.4 is 5.32 Å². The maximum Gasteiger partial charge on any atom is 0.249 e. The first-order valence-corrected chi connectivity index (χ1v) is 30.5. The fourth-order valence-electron chi connectivity index (χ4n) is 10.4. The highest BCUT2D eigenvalue weighted by Crippen LogP contribution is 2.30. The second-order valence-corrected chi connectivity index (χ2v) is 22.1. The van der Waals surface area contributed by atoms with Gasteiger partial charge in [0.1, 0.15) is 61.0 Å². The van der Waals surface area contributed by atoms with Crippen LogP contribution in [0.5, 0.6) is 0 Å². The van der Waals surface area contributed by atoms with Crippen molar-refractivity contribution in [2.45, 2.75) is 344 Å². The molecule has 2 saturated heterocycles. The third-order valence-corrected chi connectivity index (χ3v) is 15.5. The van der Waals surface area contributed by atoms with E-state index in [2.05, 4.69) is 19.2 Å². The quantitative estimate of drug-likeness (QED) is 0.0257. The number of ether oxygens (including phenoxy) is 4. The van der Waals surface area contributed by atoms with Crippen molar-refractivity contribution in [1.29, 1.82) is 0 Å². The zero-order valence-corrected chi connectivity index (χ0v) is 46.6. The summed E-state index contributed by atoms with van der Waals surface area (Å²) in [6, 6.07) is -1.31. The average molecular weight is 1060 g/mol. The van der Waals surface area contributed by atoms with Gasteiger partial charge in [0.05, 0.1) is 32.0 Å². The second kappa shape index (κ2) is 44.7. The number of hydrogen-bond acceptors (Lipinski definition) is 15. The van der Waals surface area contributed by atoms with Gasteiger partial charge in [-0.2, -0.15) is 0 Å². The number of aliphatic hydroxyl groups excluding tert-OH is 10. The van der Waals surface area contributed by atoms with Crippen molar-refractivity contribution in [3.05, 3.63) is 0 Å². The van der Waals surface area contributed by atoms with Gasteiger partial charge in [-0.25, -0.2) is 0 Å². The largest absolute Gasteiger partial charge is 0.394 e. The Morgan fingerprint density at radius 2 is 0.784 bits per heavy atom. The first-order valence-electron chi connectivity index (χ1n) is 30.5. The normalized spacial score (nSPS) is 26.0. The van der Waals surface area contributed by atoms with Crippen LogP contribution in [-0.4, -0.2) is 163 Å². The second-order valence-electron chi connectivity index (χ2n) is 22.1. The minimum Gasteiger partial charge on any atom is -0.394 e. The third kappa shape index (κ3) is 29.8. The Bertz CT molecular complexity index is 1290. The predicted octanol–water partition coefficient (Wildman–Crippen LogP) is 8.06. The lowest BCUT2D eigenvalue weighted by Gasteiger charge is -2.46. The number of carbonyl (C=O) groups is 1. The molecule has 74 heavy (non-hydrogen) atoms. The predicted molar refractivity (Wildman–Crippen MR) is 289 cm³/mol. The molecule has 0 saturated carbocycles. The molecular formula is C58H113NO15. The van der Waals surface area contributed by atoms with Crippen LogP contribution in [0.2, 0.25) is 0 Å². The van der Waals surface area contributed by atoms with Crippen LogP contribution in [0.25, 0.3) is 0 Å². The molecule has 16 heteroatoms. The van der Waals surface area contributed by atoms with Crippen LogP contribution in [-0.2, 0) is 23.7 Å². The van der Waals surface area contributed by atoms with E-state index in [0.717, 1.165) is 51.4 Å². The first kappa shape index (κ1) is 69.0. The van der Waals surface area contributed by atoms with Gasteiger partial charge in [0.15, 0.2) is 12.6 Å². The number of amides is 1. The van der Waals surface area contributed by atoms with Crippen LogP contribution in [0.1, 0.15) is 258 Å². The van der Waals surface area contributed by atoms with E-state index in [-0.39, 0.29) is 12.8 Å². The summed E-state index contributed by atoms with van der Waals surface area (Å²) in [6.07, 6.45) is 23.4. The van der Waals surface area contributed by atoms with Crippen molar-refractivity contribution in [3.8, 4) is 0 Å². The molecule has 16 nitrogen and oxygen atoms in total. The summed E-state index contributed by atoms with van der Waals surface area (Å²) in [5, 5.41) is 109. The van der Waals surface area contributed by atoms with E-state index in [1.165, 1.54) is 167 Å². The molecule has 2 fully saturated rings. The van der Waals surface area contributed by atoms with E-state index < -0.39 is 111 Å². The zero-order valence-electron chi connectivity index (χ0n) is 46.6. The standard InChI is InChI=1S/C58H113NO15/c1-3-5-7-9-11-13-15-17-19-20-21-22-23-24-26-28-30-32-34-36-38-40-46(63)56(70)59-44(49(64)45(62)39-37-35-33-31-29-27-25-18-16-14-12-10-8-6-4-2)43-71-58-55(53(68)51(66)48(42-61)73-58)74-57-54(69)52(67)50(65)47(41-60)72-57/h44-55,57-58,60-69H,3-43H2,1-2H3,(H,59,70)/t44-,45+,46+,47+,48+,49-,50-,51-,52-,53-,54+,55+,57?,58-/m0/s1. The first-order chi connectivity index (χ1) is 35.9. The lowest BCUT2D eigenvalue weighted by molar-refractivity contribution is -0.368. The maximum atomic E-state index is 13.5. The fourth-order valence-corrected chi connectivity index (χ4v) is 10.4. The molecule has 2 aliphatic heterocycles. The molecular weight excluding hydrogens is 951 g/mol. The molecule has 2 heterocycles. The molecule has 440 valence electrons. The van der Waals surface area contributed by atoms with Gasteiger partial charge in [0, 0.05) is 0 Å². The monoisotopic (exact) mass is 1060 g/mol. The average Bonchev–Trinajstić information content (AvgIpc) is 3.40. The molecule has 1 unspecified atom stereocenters. The van der Waals surface area contributed by atoms with Gasteiger partial charge in [0.2, 0.25) is 5.91 Å². The summed E-state index contributed by atoms with van der Waals surface area (Å²) < 4.78 is 23.0. The molecule has 0 radical (unpaired) electrons. The van der Waals surface area contributed by atoms with Gasteiger partial charge in [-0.3, -0.25) is 4.79 Å². The Kier molecular flexibility index (Phi) is 41.7. The van der Waals surface area contributed by atoms with Crippen LogP contribution in [0, 0.1) is 0 Å². The topological polar surface area (TPSA) is 268 Å². The van der Waals surface area contributed by atoms with Crippen molar-refractivity contribution in [2.75, 3.05) is 19.8 Å². The summed E-state index contributed by atoms with van der Waals surface area (Å²) in [4.78, 5) is 13.5. The molecule has 14 atom stereocenters. The molecule has 2 aliphatic rings. The van der Waals surface area contributed by atoms with E-state index in [4.69, 9.17) is 18.9 Å². The molecule has 0 aromatic carbocycles. The van der Waals surface area contributed by atoms with Crippen LogP contribution in [0.15, 0.2) is 0 Å². The number of unbranched alkanes of at least 4 members (excludes halogenated alkanes) is 34. The maximum absolute atomic E-state index is 13.5. The molecule has 11 N–H and O–H groups in total. The minimum absolute atomic E-state index is 0.194. The Morgan fingerprint density at radius 3 is 1.16 bits per heavy atom. The van der Waals surface area contributed by atoms with E-state index >= 15 is 0 Å². The summed E-state index contributed by atoms with van der Waals surface area (Å²) in [6.45, 7) is 2.44. The third-order valence-electron chi connectivity index (χ3n) is 15.5. The summed E-state index contributed by atoms with van der Waals surface area (Å²) in [7, 11) is 0. The molecule has 0 aromatic heterocycles. The highest BCUT2D eigenvalue weighted by atomic mass is 16.8. The Balaban J connectivity index is 1.86. The lowest BCUT2D eigenvalue weighted by Crippen LogP contribution is -2.65. The summed E-state index contributed by atoms with van der Waals surface area (Å²) >= 11 is 0. The number of nitrogens with one attached hydrogen (secondary N) is 1. The Morgan fingerprint density at radius 1 is 0.446 bits per heavy atom. The smallest absolute Gasteiger partial charge is 0.249 e. The SMILES string of the molecule is CCCCCCCCCCCCCCCCCCCCCCC[C@@H](O)C(=O)N[C@@H](CO[C@H]1O[C@H](CO)[C@H](O)[C@H](O)[C@H]1OC1O[C@H](CO)[C@H](O)[C@H](O)[C@H]1O)[C@H](O)[C@H](O)CCCCCCCCCCCCCCCCC. The molecule has 2 rings (SSSR count). The minimum atomic E-state index is -1.87. The molecule has 0 bridgehead atoms. The number of hydrogen-bond donors (Lipinski definition) is 11. The zero-order chi connectivity index (χ0) is 54.2. The van der Waals surface area contributed by atoms with Crippen molar-refractivity contribution in [3.63, 3.8) is 0 Å². The van der Waals surface area contributed by atoms with Crippen LogP contribution in [0.4, 0.5) is 0 Å². The molecule has 1 amide bonds. The van der Waals surface area contributed by atoms with Crippen LogP contribution >= 0.6 is 0 Å². The summed E-state index contributed by atoms with van der Waals surface area (Å²) in [5.74, 6) is -0.771. The van der Waals surface area contributed by atoms with Gasteiger partial charge < -0.3 is 75.3 Å². The van der Waals surface area contributed by atoms with Gasteiger partial charge in [-0.15, -0.1) is 0 Å². The lowest BCUT2D eigenvalue weighted by atomic mass is 9.97. The van der Waals surface area contributed by atoms with E-state index in [1.807, 2.05) is 0 Å². The molecule has 0 aromatic rings. The fraction of sp³-hybridized carbons (Fsp3) is 0.983. The van der Waals surface area contributed by atoms with Gasteiger partial charge in [-0.05, 0) is 12.8 Å².